The highest BCUT2D eigenvalue weighted by atomic mass is 16.5. The van der Waals surface area contributed by atoms with Gasteiger partial charge in [-0.05, 0) is 44.0 Å². The Balaban J connectivity index is 1.91. The van der Waals surface area contributed by atoms with E-state index in [0.717, 1.165) is 43.9 Å². The molecule has 2 unspecified atom stereocenters. The number of rotatable bonds is 6. The Hall–Kier alpha value is -1.10. The van der Waals surface area contributed by atoms with Crippen molar-refractivity contribution >= 4 is 0 Å². The van der Waals surface area contributed by atoms with E-state index < -0.39 is 6.10 Å². The maximum Gasteiger partial charge on any atom is 0.119 e. The molecule has 0 aromatic heterocycles. The van der Waals surface area contributed by atoms with Crippen LogP contribution in [0.25, 0.3) is 0 Å². The average molecular weight is 279 g/mol. The first-order valence-corrected chi connectivity index (χ1v) is 7.39. The third-order valence-corrected chi connectivity index (χ3v) is 3.77. The minimum atomic E-state index is -0.481. The van der Waals surface area contributed by atoms with Gasteiger partial charge in [-0.2, -0.15) is 0 Å². The van der Waals surface area contributed by atoms with Gasteiger partial charge in [-0.3, -0.25) is 4.90 Å². The van der Waals surface area contributed by atoms with Crippen molar-refractivity contribution < 1.29 is 14.6 Å². The topological polar surface area (TPSA) is 41.9 Å². The second-order valence-corrected chi connectivity index (χ2v) is 5.27. The summed E-state index contributed by atoms with van der Waals surface area (Å²) in [5.74, 6) is 0.785. The summed E-state index contributed by atoms with van der Waals surface area (Å²) in [6.45, 7) is 5.39. The van der Waals surface area contributed by atoms with Crippen molar-refractivity contribution in [3.8, 4) is 5.75 Å². The SMILES string of the molecule is CCOC1CCCN(CC(O)c2cccc(OC)c2)C1. The molecule has 0 bridgehead atoms. The molecular weight excluding hydrogens is 254 g/mol. The Morgan fingerprint density at radius 2 is 2.30 bits per heavy atom. The first-order valence-electron chi connectivity index (χ1n) is 7.39. The fourth-order valence-corrected chi connectivity index (χ4v) is 2.75. The molecule has 0 radical (unpaired) electrons. The van der Waals surface area contributed by atoms with Crippen LogP contribution >= 0.6 is 0 Å². The van der Waals surface area contributed by atoms with E-state index in [9.17, 15) is 5.11 Å². The van der Waals surface area contributed by atoms with Gasteiger partial charge in [-0.15, -0.1) is 0 Å². The van der Waals surface area contributed by atoms with E-state index in [4.69, 9.17) is 9.47 Å². The number of β-amino-alcohol motifs (C(OH)–C–C–N with tert-alkyl or cyclic N) is 1. The first-order chi connectivity index (χ1) is 9.72. The van der Waals surface area contributed by atoms with Crippen LogP contribution in [0, 0.1) is 0 Å². The van der Waals surface area contributed by atoms with E-state index in [0.29, 0.717) is 12.6 Å². The Labute approximate surface area is 121 Å². The lowest BCUT2D eigenvalue weighted by Crippen LogP contribution is -2.41. The minimum Gasteiger partial charge on any atom is -0.497 e. The van der Waals surface area contributed by atoms with Gasteiger partial charge in [-0.25, -0.2) is 0 Å². The normalized spacial score (nSPS) is 21.6. The van der Waals surface area contributed by atoms with Crippen molar-refractivity contribution in [2.45, 2.75) is 32.0 Å². The molecule has 20 heavy (non-hydrogen) atoms. The minimum absolute atomic E-state index is 0.311. The quantitative estimate of drug-likeness (QED) is 0.867. The number of hydrogen-bond acceptors (Lipinski definition) is 4. The zero-order valence-electron chi connectivity index (χ0n) is 12.4. The number of benzene rings is 1. The molecule has 0 aliphatic carbocycles. The summed E-state index contributed by atoms with van der Waals surface area (Å²) in [5, 5.41) is 10.4. The average Bonchev–Trinajstić information content (AvgIpc) is 2.48. The number of aliphatic hydroxyl groups excluding tert-OH is 1. The van der Waals surface area contributed by atoms with Crippen LogP contribution in [0.5, 0.6) is 5.75 Å². The van der Waals surface area contributed by atoms with Crippen molar-refractivity contribution in [1.82, 2.24) is 4.90 Å². The highest BCUT2D eigenvalue weighted by molar-refractivity contribution is 5.29. The summed E-state index contributed by atoms with van der Waals surface area (Å²) in [5.41, 5.74) is 0.905. The number of hydrogen-bond donors (Lipinski definition) is 1. The number of methoxy groups -OCH3 is 1. The van der Waals surface area contributed by atoms with Crippen LogP contribution in [0.1, 0.15) is 31.4 Å². The van der Waals surface area contributed by atoms with Gasteiger partial charge in [0.15, 0.2) is 0 Å². The van der Waals surface area contributed by atoms with Crippen LogP contribution in [-0.2, 0) is 4.74 Å². The summed E-state index contributed by atoms with van der Waals surface area (Å²) >= 11 is 0. The number of nitrogens with zero attached hydrogens (tertiary/aromatic N) is 1. The van der Waals surface area contributed by atoms with Gasteiger partial charge in [0.2, 0.25) is 0 Å². The molecule has 1 aliphatic heterocycles. The van der Waals surface area contributed by atoms with Crippen LogP contribution in [-0.4, -0.2) is 49.5 Å². The number of likely N-dealkylation sites (tertiary alicyclic amines) is 1. The predicted molar refractivity (Wildman–Crippen MR) is 79.0 cm³/mol. The molecule has 4 nitrogen and oxygen atoms in total. The molecular formula is C16H25NO3. The van der Waals surface area contributed by atoms with E-state index in [1.807, 2.05) is 31.2 Å². The maximum absolute atomic E-state index is 10.4. The summed E-state index contributed by atoms with van der Waals surface area (Å²) in [4.78, 5) is 2.29. The highest BCUT2D eigenvalue weighted by Crippen LogP contribution is 2.22. The smallest absolute Gasteiger partial charge is 0.119 e. The van der Waals surface area contributed by atoms with E-state index in [-0.39, 0.29) is 0 Å². The second kappa shape index (κ2) is 7.62. The summed E-state index contributed by atoms with van der Waals surface area (Å²) in [6.07, 6.45) is 2.09. The molecule has 2 atom stereocenters. The molecule has 1 saturated heterocycles. The van der Waals surface area contributed by atoms with Crippen LogP contribution < -0.4 is 4.74 Å². The van der Waals surface area contributed by atoms with Gasteiger partial charge < -0.3 is 14.6 Å². The summed E-state index contributed by atoms with van der Waals surface area (Å²) in [7, 11) is 1.64. The van der Waals surface area contributed by atoms with Crippen molar-refractivity contribution in [3.05, 3.63) is 29.8 Å². The van der Waals surface area contributed by atoms with E-state index in [1.165, 1.54) is 0 Å². The number of aliphatic hydroxyl groups is 1. The van der Waals surface area contributed by atoms with Gasteiger partial charge in [0.05, 0.1) is 19.3 Å². The molecule has 0 amide bonds. The molecule has 4 heteroatoms. The van der Waals surface area contributed by atoms with Crippen LogP contribution in [0.3, 0.4) is 0 Å². The zero-order valence-corrected chi connectivity index (χ0v) is 12.4. The lowest BCUT2D eigenvalue weighted by Gasteiger charge is -2.33. The Kier molecular flexibility index (Phi) is 5.83. The predicted octanol–water partition coefficient (Wildman–Crippen LogP) is 2.23. The van der Waals surface area contributed by atoms with E-state index >= 15 is 0 Å². The van der Waals surface area contributed by atoms with Crippen molar-refractivity contribution in [2.75, 3.05) is 33.4 Å². The molecule has 0 saturated carbocycles. The molecule has 1 aromatic carbocycles. The lowest BCUT2D eigenvalue weighted by molar-refractivity contribution is -0.00707. The monoisotopic (exact) mass is 279 g/mol. The van der Waals surface area contributed by atoms with E-state index in [1.54, 1.807) is 7.11 Å². The van der Waals surface area contributed by atoms with Gasteiger partial charge in [0.25, 0.3) is 0 Å². The summed E-state index contributed by atoms with van der Waals surface area (Å²) in [6, 6.07) is 7.64. The first kappa shape index (κ1) is 15.3. The summed E-state index contributed by atoms with van der Waals surface area (Å²) < 4.78 is 10.9. The van der Waals surface area contributed by atoms with Crippen molar-refractivity contribution in [2.24, 2.45) is 0 Å². The Bertz CT molecular complexity index is 408. The third kappa shape index (κ3) is 4.20. The molecule has 2 rings (SSSR count). The molecule has 1 fully saturated rings. The maximum atomic E-state index is 10.4. The molecule has 1 N–H and O–H groups in total. The molecule has 1 aromatic rings. The van der Waals surface area contributed by atoms with Gasteiger partial charge in [-0.1, -0.05) is 12.1 Å². The molecule has 1 aliphatic rings. The standard InChI is InChI=1S/C16H25NO3/c1-3-20-15-8-5-9-17(11-15)12-16(18)13-6-4-7-14(10-13)19-2/h4,6-7,10,15-16,18H,3,5,8-9,11-12H2,1-2H3. The van der Waals surface area contributed by atoms with Crippen LogP contribution in [0.4, 0.5) is 0 Å². The Morgan fingerprint density at radius 1 is 1.45 bits per heavy atom. The lowest BCUT2D eigenvalue weighted by atomic mass is 10.0. The van der Waals surface area contributed by atoms with E-state index in [2.05, 4.69) is 4.90 Å². The van der Waals surface area contributed by atoms with Crippen molar-refractivity contribution in [3.63, 3.8) is 0 Å². The highest BCUT2D eigenvalue weighted by Gasteiger charge is 2.22. The zero-order chi connectivity index (χ0) is 14.4. The number of piperidine rings is 1. The largest absolute Gasteiger partial charge is 0.497 e. The van der Waals surface area contributed by atoms with Gasteiger partial charge in [0.1, 0.15) is 5.75 Å². The van der Waals surface area contributed by atoms with Gasteiger partial charge >= 0.3 is 0 Å². The Morgan fingerprint density at radius 3 is 3.05 bits per heavy atom. The molecule has 1 heterocycles. The molecule has 0 spiro atoms. The fraction of sp³-hybridized carbons (Fsp3) is 0.625. The second-order valence-electron chi connectivity index (χ2n) is 5.27. The van der Waals surface area contributed by atoms with Crippen LogP contribution in [0.15, 0.2) is 24.3 Å². The van der Waals surface area contributed by atoms with Crippen LogP contribution in [0.2, 0.25) is 0 Å². The molecule has 112 valence electrons. The van der Waals surface area contributed by atoms with Gasteiger partial charge in [0, 0.05) is 19.7 Å². The third-order valence-electron chi connectivity index (χ3n) is 3.77. The fourth-order valence-electron chi connectivity index (χ4n) is 2.75. The number of ether oxygens (including phenoxy) is 2. The van der Waals surface area contributed by atoms with Crippen molar-refractivity contribution in [1.29, 1.82) is 0 Å².